The first-order chi connectivity index (χ1) is 15.1. The Morgan fingerprint density at radius 3 is 2.62 bits per heavy atom. The Hall–Kier alpha value is -3.02. The molecule has 1 atom stereocenters. The molecule has 2 aromatic heterocycles. The van der Waals surface area contributed by atoms with Crippen LogP contribution >= 0.6 is 0 Å². The van der Waals surface area contributed by atoms with Crippen LogP contribution in [0.4, 0.5) is 27.9 Å². The Morgan fingerprint density at radius 2 is 1.94 bits per heavy atom. The zero-order valence-electron chi connectivity index (χ0n) is 17.3. The van der Waals surface area contributed by atoms with Crippen LogP contribution in [-0.4, -0.2) is 63.9 Å². The molecular weight excluding hydrogens is 435 g/mol. The summed E-state index contributed by atoms with van der Waals surface area (Å²) < 4.78 is 74.8. The molecule has 32 heavy (non-hydrogen) atoms. The van der Waals surface area contributed by atoms with Gasteiger partial charge in [-0.05, 0) is 44.6 Å². The maximum atomic E-state index is 14.4. The van der Waals surface area contributed by atoms with Gasteiger partial charge in [0.05, 0.1) is 18.8 Å². The van der Waals surface area contributed by atoms with E-state index in [4.69, 9.17) is 4.74 Å². The summed E-state index contributed by atoms with van der Waals surface area (Å²) in [5.41, 5.74) is -1.57. The number of hydrogen-bond acceptors (Lipinski definition) is 6. The molecule has 0 radical (unpaired) electrons. The number of nitrogens with zero attached hydrogens (tertiary/aromatic N) is 5. The predicted octanol–water partition coefficient (Wildman–Crippen LogP) is 3.96. The van der Waals surface area contributed by atoms with Crippen LogP contribution in [0.25, 0.3) is 16.8 Å². The van der Waals surface area contributed by atoms with Gasteiger partial charge in [0, 0.05) is 23.7 Å². The first-order valence-electron chi connectivity index (χ1n) is 9.89. The fourth-order valence-corrected chi connectivity index (χ4v) is 3.86. The third kappa shape index (κ3) is 3.94. The van der Waals surface area contributed by atoms with Gasteiger partial charge in [0.25, 0.3) is 0 Å². The van der Waals surface area contributed by atoms with Crippen molar-refractivity contribution < 1.29 is 26.7 Å². The molecule has 0 amide bonds. The summed E-state index contributed by atoms with van der Waals surface area (Å²) in [6, 6.07) is 3.17. The Kier molecular flexibility index (Phi) is 5.65. The predicted molar refractivity (Wildman–Crippen MR) is 107 cm³/mol. The van der Waals surface area contributed by atoms with Crippen LogP contribution in [0.1, 0.15) is 18.4 Å². The second-order valence-electron chi connectivity index (χ2n) is 7.75. The van der Waals surface area contributed by atoms with E-state index in [-0.39, 0.29) is 23.0 Å². The topological polar surface area (TPSA) is 67.6 Å². The Morgan fingerprint density at radius 1 is 1.16 bits per heavy atom. The minimum atomic E-state index is -5.80. The zero-order chi connectivity index (χ0) is 23.1. The first kappa shape index (κ1) is 22.2. The lowest BCUT2D eigenvalue weighted by Gasteiger charge is -2.30. The lowest BCUT2D eigenvalue weighted by atomic mass is 9.97. The highest BCUT2D eigenvalue weighted by atomic mass is 19.4. The summed E-state index contributed by atoms with van der Waals surface area (Å²) in [4.78, 5) is 6.19. The summed E-state index contributed by atoms with van der Waals surface area (Å²) in [5.74, 6) is -4.93. The average molecular weight is 456 g/mol. The van der Waals surface area contributed by atoms with Crippen LogP contribution in [0.2, 0.25) is 0 Å². The summed E-state index contributed by atoms with van der Waals surface area (Å²) in [6.07, 6.45) is -1.14. The van der Waals surface area contributed by atoms with Crippen molar-refractivity contribution in [3.8, 4) is 17.0 Å². The van der Waals surface area contributed by atoms with Crippen LogP contribution in [0.5, 0.6) is 5.75 Å². The van der Waals surface area contributed by atoms with Crippen molar-refractivity contribution in [3.05, 3.63) is 36.3 Å². The Balaban J connectivity index is 1.81. The minimum absolute atomic E-state index is 0.0885. The normalized spacial score (nSPS) is 18.2. The number of fused-ring (bicyclic) bond motifs is 1. The fraction of sp³-hybridized carbons (Fsp3) is 0.450. The van der Waals surface area contributed by atoms with E-state index in [1.165, 1.54) is 30.1 Å². The van der Waals surface area contributed by atoms with E-state index < -0.39 is 23.2 Å². The van der Waals surface area contributed by atoms with Crippen molar-refractivity contribution in [1.82, 2.24) is 24.5 Å². The van der Waals surface area contributed by atoms with Gasteiger partial charge in [0.15, 0.2) is 0 Å². The number of anilines is 1. The SMILES string of the molecule is COc1ccc(-c2nnc(N[C@@H]3CCCN(C)C3)n3cncc23)c(C(F)(F)C(F)(F)F)c1. The highest BCUT2D eigenvalue weighted by molar-refractivity contribution is 5.80. The maximum absolute atomic E-state index is 14.4. The Bertz CT molecular complexity index is 1120. The lowest BCUT2D eigenvalue weighted by molar-refractivity contribution is -0.289. The molecule has 1 aromatic carbocycles. The van der Waals surface area contributed by atoms with Crippen LogP contribution in [0.3, 0.4) is 0 Å². The molecule has 0 saturated carbocycles. The molecular formula is C20H21F5N6O. The number of benzene rings is 1. The van der Waals surface area contributed by atoms with Gasteiger partial charge in [0.2, 0.25) is 5.95 Å². The van der Waals surface area contributed by atoms with Gasteiger partial charge in [0.1, 0.15) is 17.8 Å². The number of ether oxygens (including phenoxy) is 1. The second-order valence-corrected chi connectivity index (χ2v) is 7.75. The average Bonchev–Trinajstić information content (AvgIpc) is 3.23. The highest BCUT2D eigenvalue weighted by Gasteiger charge is 2.60. The van der Waals surface area contributed by atoms with E-state index in [0.717, 1.165) is 32.0 Å². The molecule has 0 unspecified atom stereocenters. The molecule has 1 saturated heterocycles. The minimum Gasteiger partial charge on any atom is -0.497 e. The first-order valence-corrected chi connectivity index (χ1v) is 9.89. The van der Waals surface area contributed by atoms with Crippen molar-refractivity contribution >= 4 is 11.5 Å². The standard InChI is InChI=1S/C20H21F5N6O/c1-30-7-3-4-12(10-30)27-18-29-28-17(16-9-26-11-31(16)18)14-6-5-13(32-2)8-15(14)19(21,22)20(23,24)25/h5-6,8-9,11-12H,3-4,7,10H2,1-2H3,(H,27,29)/t12-/m1/s1. The molecule has 12 heteroatoms. The third-order valence-corrected chi connectivity index (χ3v) is 5.49. The number of aromatic nitrogens is 4. The van der Waals surface area contributed by atoms with E-state index >= 15 is 0 Å². The number of hydrogen-bond donors (Lipinski definition) is 1. The number of halogens is 5. The molecule has 0 bridgehead atoms. The van der Waals surface area contributed by atoms with Crippen LogP contribution in [0, 0.1) is 0 Å². The monoisotopic (exact) mass is 456 g/mol. The molecule has 4 rings (SSSR count). The summed E-state index contributed by atoms with van der Waals surface area (Å²) >= 11 is 0. The van der Waals surface area contributed by atoms with E-state index in [9.17, 15) is 22.0 Å². The van der Waals surface area contributed by atoms with E-state index in [1.807, 2.05) is 7.05 Å². The number of imidazole rings is 1. The lowest BCUT2D eigenvalue weighted by Crippen LogP contribution is -2.40. The number of likely N-dealkylation sites (N-methyl/N-ethyl adjacent to an activating group) is 1. The van der Waals surface area contributed by atoms with Crippen molar-refractivity contribution in [1.29, 1.82) is 0 Å². The number of rotatable bonds is 5. The van der Waals surface area contributed by atoms with Gasteiger partial charge < -0.3 is 15.0 Å². The molecule has 3 aromatic rings. The summed E-state index contributed by atoms with van der Waals surface area (Å²) in [5, 5.41) is 11.4. The highest BCUT2D eigenvalue weighted by Crippen LogP contribution is 2.48. The van der Waals surface area contributed by atoms with E-state index in [2.05, 4.69) is 25.4 Å². The van der Waals surface area contributed by atoms with Crippen molar-refractivity contribution in [2.75, 3.05) is 32.6 Å². The molecule has 1 aliphatic heterocycles. The van der Waals surface area contributed by atoms with Gasteiger partial charge >= 0.3 is 12.1 Å². The largest absolute Gasteiger partial charge is 0.497 e. The van der Waals surface area contributed by atoms with Gasteiger partial charge in [-0.1, -0.05) is 0 Å². The molecule has 1 N–H and O–H groups in total. The van der Waals surface area contributed by atoms with E-state index in [1.54, 1.807) is 0 Å². The number of likely N-dealkylation sites (tertiary alicyclic amines) is 1. The summed E-state index contributed by atoms with van der Waals surface area (Å²) in [7, 11) is 3.18. The molecule has 7 nitrogen and oxygen atoms in total. The van der Waals surface area contributed by atoms with Crippen LogP contribution in [0.15, 0.2) is 30.7 Å². The number of piperidine rings is 1. The molecule has 1 aliphatic rings. The van der Waals surface area contributed by atoms with Crippen molar-refractivity contribution in [2.45, 2.75) is 31.0 Å². The molecule has 0 aliphatic carbocycles. The number of alkyl halides is 5. The number of nitrogens with one attached hydrogen (secondary N) is 1. The second kappa shape index (κ2) is 8.15. The van der Waals surface area contributed by atoms with Gasteiger partial charge in [-0.2, -0.15) is 22.0 Å². The quantitative estimate of drug-likeness (QED) is 0.587. The third-order valence-electron chi connectivity index (χ3n) is 5.49. The van der Waals surface area contributed by atoms with Gasteiger partial charge in [-0.25, -0.2) is 4.98 Å². The van der Waals surface area contributed by atoms with Gasteiger partial charge in [-0.15, -0.1) is 10.2 Å². The number of methoxy groups -OCH3 is 1. The Labute approximate surface area is 180 Å². The van der Waals surface area contributed by atoms with E-state index in [0.29, 0.717) is 12.0 Å². The fourth-order valence-electron chi connectivity index (χ4n) is 3.86. The molecule has 3 heterocycles. The van der Waals surface area contributed by atoms with Crippen LogP contribution in [-0.2, 0) is 5.92 Å². The van der Waals surface area contributed by atoms with Crippen molar-refractivity contribution in [3.63, 3.8) is 0 Å². The smallest absolute Gasteiger partial charge is 0.458 e. The molecule has 172 valence electrons. The summed E-state index contributed by atoms with van der Waals surface area (Å²) in [6.45, 7) is 1.76. The van der Waals surface area contributed by atoms with Crippen LogP contribution < -0.4 is 10.1 Å². The zero-order valence-corrected chi connectivity index (χ0v) is 17.3. The van der Waals surface area contributed by atoms with Gasteiger partial charge in [-0.3, -0.25) is 4.40 Å². The van der Waals surface area contributed by atoms with Crippen molar-refractivity contribution in [2.24, 2.45) is 0 Å². The molecule has 0 spiro atoms. The molecule has 1 fully saturated rings. The maximum Gasteiger partial charge on any atom is 0.458 e.